The van der Waals surface area contributed by atoms with Crippen molar-refractivity contribution in [1.82, 2.24) is 4.90 Å². The molecule has 158 valence electrons. The first-order chi connectivity index (χ1) is 14.4. The predicted molar refractivity (Wildman–Crippen MR) is 107 cm³/mol. The SMILES string of the molecule is O=C1OCCN1C[C@H]1CN(S(=O)(=O)C(=O)OCc2ccccc2)c2ccccc2O1. The van der Waals surface area contributed by atoms with Gasteiger partial charge in [-0.25, -0.2) is 9.59 Å². The first kappa shape index (κ1) is 20.0. The maximum atomic E-state index is 13.0. The van der Waals surface area contributed by atoms with E-state index in [1.54, 1.807) is 48.5 Å². The molecule has 30 heavy (non-hydrogen) atoms. The van der Waals surface area contributed by atoms with Gasteiger partial charge < -0.3 is 19.1 Å². The zero-order valence-electron chi connectivity index (χ0n) is 16.0. The summed E-state index contributed by atoms with van der Waals surface area (Å²) in [4.78, 5) is 25.7. The Labute approximate surface area is 173 Å². The van der Waals surface area contributed by atoms with Crippen LogP contribution in [0, 0.1) is 0 Å². The number of rotatable bonds is 5. The summed E-state index contributed by atoms with van der Waals surface area (Å²) in [5.41, 5.74) is 0.920. The summed E-state index contributed by atoms with van der Waals surface area (Å²) in [7, 11) is -4.47. The predicted octanol–water partition coefficient (Wildman–Crippen LogP) is 2.37. The van der Waals surface area contributed by atoms with Crippen LogP contribution in [-0.2, 0) is 26.1 Å². The van der Waals surface area contributed by atoms with Crippen molar-refractivity contribution in [2.75, 3.05) is 30.5 Å². The topological polar surface area (TPSA) is 102 Å². The van der Waals surface area contributed by atoms with Crippen molar-refractivity contribution < 1.29 is 32.2 Å². The lowest BCUT2D eigenvalue weighted by Crippen LogP contribution is -2.50. The molecule has 2 aliphatic heterocycles. The number of nitrogens with zero attached hydrogens (tertiary/aromatic N) is 2. The van der Waals surface area contributed by atoms with Crippen LogP contribution < -0.4 is 9.04 Å². The number of hydrogen-bond acceptors (Lipinski definition) is 7. The number of carbonyl (C=O) groups excluding carboxylic acids is 2. The van der Waals surface area contributed by atoms with E-state index in [1.807, 2.05) is 6.07 Å². The van der Waals surface area contributed by atoms with Crippen molar-refractivity contribution in [3.05, 3.63) is 60.2 Å². The Morgan fingerprint density at radius 1 is 1.10 bits per heavy atom. The molecule has 1 amide bonds. The van der Waals surface area contributed by atoms with Crippen LogP contribution in [0.4, 0.5) is 15.3 Å². The number of ether oxygens (including phenoxy) is 3. The van der Waals surface area contributed by atoms with Crippen molar-refractivity contribution in [2.45, 2.75) is 12.7 Å². The molecule has 1 fully saturated rings. The first-order valence-corrected chi connectivity index (χ1v) is 10.8. The van der Waals surface area contributed by atoms with E-state index < -0.39 is 27.5 Å². The third kappa shape index (κ3) is 4.04. The van der Waals surface area contributed by atoms with Gasteiger partial charge in [-0.2, -0.15) is 8.42 Å². The second-order valence-corrected chi connectivity index (χ2v) is 8.55. The summed E-state index contributed by atoms with van der Waals surface area (Å²) in [6.45, 7) is 0.512. The van der Waals surface area contributed by atoms with Crippen molar-refractivity contribution >= 4 is 27.1 Å². The van der Waals surface area contributed by atoms with Crippen LogP contribution in [0.5, 0.6) is 5.75 Å². The van der Waals surface area contributed by atoms with Gasteiger partial charge in [0, 0.05) is 0 Å². The van der Waals surface area contributed by atoms with Crippen LogP contribution in [0.15, 0.2) is 54.6 Å². The number of sulfonamides is 1. The Morgan fingerprint density at radius 2 is 1.83 bits per heavy atom. The smallest absolute Gasteiger partial charge is 0.445 e. The van der Waals surface area contributed by atoms with E-state index in [0.717, 1.165) is 4.31 Å². The van der Waals surface area contributed by atoms with E-state index in [4.69, 9.17) is 14.2 Å². The maximum Gasteiger partial charge on any atom is 0.445 e. The Hall–Kier alpha value is -3.27. The quantitative estimate of drug-likeness (QED) is 0.669. The molecule has 2 aromatic rings. The second kappa shape index (κ2) is 8.23. The fraction of sp³-hybridized carbons (Fsp3) is 0.300. The van der Waals surface area contributed by atoms with Crippen LogP contribution in [0.1, 0.15) is 5.56 Å². The van der Waals surface area contributed by atoms with E-state index in [1.165, 1.54) is 4.90 Å². The third-order valence-electron chi connectivity index (χ3n) is 4.77. The Bertz CT molecular complexity index is 1040. The highest BCUT2D eigenvalue weighted by molar-refractivity contribution is 8.06. The van der Waals surface area contributed by atoms with Gasteiger partial charge in [0.25, 0.3) is 0 Å². The molecule has 0 bridgehead atoms. The molecule has 0 spiro atoms. The largest absolute Gasteiger partial charge is 0.484 e. The van der Waals surface area contributed by atoms with Crippen molar-refractivity contribution in [2.24, 2.45) is 0 Å². The summed E-state index contributed by atoms with van der Waals surface area (Å²) in [5, 5.41) is -1.35. The lowest BCUT2D eigenvalue weighted by atomic mass is 10.2. The van der Waals surface area contributed by atoms with Gasteiger partial charge in [0.15, 0.2) is 0 Å². The van der Waals surface area contributed by atoms with Gasteiger partial charge in [-0.15, -0.1) is 0 Å². The Kier molecular flexibility index (Phi) is 5.49. The molecular weight excluding hydrogens is 412 g/mol. The van der Waals surface area contributed by atoms with Gasteiger partial charge in [0.05, 0.1) is 25.3 Å². The third-order valence-corrected chi connectivity index (χ3v) is 6.23. The molecule has 0 radical (unpaired) electrons. The van der Waals surface area contributed by atoms with Gasteiger partial charge in [-0.3, -0.25) is 4.31 Å². The maximum absolute atomic E-state index is 13.0. The van der Waals surface area contributed by atoms with E-state index in [9.17, 15) is 18.0 Å². The average molecular weight is 432 g/mol. The zero-order chi connectivity index (χ0) is 21.1. The molecule has 0 N–H and O–H groups in total. The molecule has 9 nitrogen and oxygen atoms in total. The number of amides is 1. The molecule has 1 saturated heterocycles. The summed E-state index contributed by atoms with van der Waals surface area (Å²) in [6.07, 6.45) is -1.14. The molecule has 4 rings (SSSR count). The van der Waals surface area contributed by atoms with E-state index >= 15 is 0 Å². The number of carbonyl (C=O) groups is 2. The highest BCUT2D eigenvalue weighted by Crippen LogP contribution is 2.35. The minimum atomic E-state index is -4.47. The van der Waals surface area contributed by atoms with Gasteiger partial charge in [0.1, 0.15) is 25.1 Å². The van der Waals surface area contributed by atoms with E-state index in [-0.39, 0.29) is 32.0 Å². The van der Waals surface area contributed by atoms with Crippen molar-refractivity contribution in [1.29, 1.82) is 0 Å². The monoisotopic (exact) mass is 432 g/mol. The highest BCUT2D eigenvalue weighted by Gasteiger charge is 2.40. The fourth-order valence-corrected chi connectivity index (χ4v) is 4.46. The lowest BCUT2D eigenvalue weighted by Gasteiger charge is -2.35. The standard InChI is InChI=1S/C20H20N2O7S/c23-19-21(10-11-27-19)12-16-13-22(17-8-4-5-9-18(17)29-16)30(25,26)20(24)28-14-15-6-2-1-3-7-15/h1-9,16H,10-14H2/t16-/m0/s1. The van der Waals surface area contributed by atoms with Gasteiger partial charge in [0.2, 0.25) is 0 Å². The normalized spacial score (nSPS) is 18.4. The Morgan fingerprint density at radius 3 is 2.57 bits per heavy atom. The minimum Gasteiger partial charge on any atom is -0.484 e. The van der Waals surface area contributed by atoms with Crippen LogP contribution in [0.2, 0.25) is 0 Å². The summed E-state index contributed by atoms with van der Waals surface area (Å²) >= 11 is 0. The fourth-order valence-electron chi connectivity index (χ4n) is 3.30. The van der Waals surface area contributed by atoms with Crippen molar-refractivity contribution in [3.8, 4) is 5.75 Å². The van der Waals surface area contributed by atoms with Gasteiger partial charge in [-0.1, -0.05) is 42.5 Å². The lowest BCUT2D eigenvalue weighted by molar-refractivity contribution is 0.130. The van der Waals surface area contributed by atoms with E-state index in [0.29, 0.717) is 17.9 Å². The molecule has 10 heteroatoms. The molecule has 0 aromatic heterocycles. The molecule has 2 aromatic carbocycles. The average Bonchev–Trinajstić information content (AvgIpc) is 3.16. The zero-order valence-corrected chi connectivity index (χ0v) is 16.8. The van der Waals surface area contributed by atoms with Crippen LogP contribution >= 0.6 is 0 Å². The summed E-state index contributed by atoms with van der Waals surface area (Å²) in [6, 6.07) is 15.3. The number of cyclic esters (lactones) is 1. The molecule has 2 aliphatic rings. The molecule has 0 aliphatic carbocycles. The second-order valence-electron chi connectivity index (χ2n) is 6.83. The van der Waals surface area contributed by atoms with Gasteiger partial charge in [-0.05, 0) is 17.7 Å². The first-order valence-electron chi connectivity index (χ1n) is 9.36. The van der Waals surface area contributed by atoms with Gasteiger partial charge >= 0.3 is 21.4 Å². The summed E-state index contributed by atoms with van der Waals surface area (Å²) in [5.74, 6) is 0.306. The number of benzene rings is 2. The molecule has 0 unspecified atom stereocenters. The number of fused-ring (bicyclic) bond motifs is 1. The molecule has 2 heterocycles. The number of anilines is 1. The number of hydrogen-bond donors (Lipinski definition) is 0. The van der Waals surface area contributed by atoms with E-state index in [2.05, 4.69) is 0 Å². The highest BCUT2D eigenvalue weighted by atomic mass is 32.2. The Balaban J connectivity index is 1.53. The summed E-state index contributed by atoms with van der Waals surface area (Å²) < 4.78 is 42.8. The van der Waals surface area contributed by atoms with Crippen LogP contribution in [-0.4, -0.2) is 57.1 Å². The minimum absolute atomic E-state index is 0.135. The number of para-hydroxylation sites is 2. The van der Waals surface area contributed by atoms with Crippen molar-refractivity contribution in [3.63, 3.8) is 0 Å². The van der Waals surface area contributed by atoms with Crippen LogP contribution in [0.25, 0.3) is 0 Å². The molecule has 0 saturated carbocycles. The van der Waals surface area contributed by atoms with Crippen LogP contribution in [0.3, 0.4) is 0 Å². The molecular formula is C20H20N2O7S. The molecule has 1 atom stereocenters.